The predicted octanol–water partition coefficient (Wildman–Crippen LogP) is 5.47. The summed E-state index contributed by atoms with van der Waals surface area (Å²) in [6.07, 6.45) is 0.613. The summed E-state index contributed by atoms with van der Waals surface area (Å²) < 4.78 is 17.2. The highest BCUT2D eigenvalue weighted by molar-refractivity contribution is 9.10. The maximum absolute atomic E-state index is 13.7. The van der Waals surface area contributed by atoms with Crippen LogP contribution in [0.2, 0.25) is 0 Å². The predicted molar refractivity (Wildman–Crippen MR) is 127 cm³/mol. The molecule has 0 N–H and O–H groups in total. The molecule has 1 aliphatic rings. The first-order valence-electron chi connectivity index (χ1n) is 10.1. The van der Waals surface area contributed by atoms with Crippen LogP contribution in [0.3, 0.4) is 0 Å². The van der Waals surface area contributed by atoms with Crippen molar-refractivity contribution in [3.05, 3.63) is 87.9 Å². The number of amides is 1. The Morgan fingerprint density at radius 1 is 0.938 bits per heavy atom. The molecule has 3 aromatic carbocycles. The molecule has 0 bridgehead atoms. The Labute approximate surface area is 195 Å². The Morgan fingerprint density at radius 2 is 1.56 bits per heavy atom. The number of nitrogens with zero attached hydrogens (tertiary/aromatic N) is 2. The lowest BCUT2D eigenvalue weighted by atomic mass is 9.98. The van der Waals surface area contributed by atoms with Crippen LogP contribution < -0.4 is 14.2 Å². The molecule has 1 amide bonds. The van der Waals surface area contributed by atoms with Gasteiger partial charge in [-0.1, -0.05) is 58.4 Å². The van der Waals surface area contributed by atoms with Gasteiger partial charge >= 0.3 is 0 Å². The molecule has 0 spiro atoms. The average Bonchev–Trinajstić information content (AvgIpc) is 3.29. The van der Waals surface area contributed by atoms with Gasteiger partial charge in [-0.25, -0.2) is 5.01 Å². The number of ether oxygens (including phenoxy) is 3. The van der Waals surface area contributed by atoms with Crippen molar-refractivity contribution >= 4 is 27.5 Å². The van der Waals surface area contributed by atoms with E-state index in [0.717, 1.165) is 21.3 Å². The van der Waals surface area contributed by atoms with Crippen LogP contribution in [-0.4, -0.2) is 38.0 Å². The minimum Gasteiger partial charge on any atom is -0.493 e. The van der Waals surface area contributed by atoms with Gasteiger partial charge in [-0.15, -0.1) is 0 Å². The second-order valence-electron chi connectivity index (χ2n) is 7.25. The normalized spacial score (nSPS) is 15.3. The zero-order chi connectivity index (χ0) is 22.7. The van der Waals surface area contributed by atoms with Gasteiger partial charge in [0, 0.05) is 16.5 Å². The Hall–Kier alpha value is -3.32. The van der Waals surface area contributed by atoms with Gasteiger partial charge in [0.05, 0.1) is 33.1 Å². The van der Waals surface area contributed by atoms with Crippen molar-refractivity contribution < 1.29 is 19.0 Å². The zero-order valence-corrected chi connectivity index (χ0v) is 19.6. The Bertz CT molecular complexity index is 1120. The quantitative estimate of drug-likeness (QED) is 0.456. The molecule has 0 fully saturated rings. The number of rotatable bonds is 6. The van der Waals surface area contributed by atoms with Gasteiger partial charge in [0.15, 0.2) is 11.5 Å². The topological polar surface area (TPSA) is 60.4 Å². The first-order valence-corrected chi connectivity index (χ1v) is 10.9. The van der Waals surface area contributed by atoms with Crippen LogP contribution >= 0.6 is 15.9 Å². The molecule has 0 aliphatic carbocycles. The third-order valence-electron chi connectivity index (χ3n) is 5.39. The first kappa shape index (κ1) is 21.9. The number of hydrazone groups is 1. The highest BCUT2D eigenvalue weighted by Crippen LogP contribution is 2.40. The van der Waals surface area contributed by atoms with Gasteiger partial charge in [-0.3, -0.25) is 4.79 Å². The van der Waals surface area contributed by atoms with Gasteiger partial charge in [-0.05, 0) is 35.4 Å². The van der Waals surface area contributed by atoms with Crippen LogP contribution in [0.4, 0.5) is 0 Å². The largest absolute Gasteiger partial charge is 0.493 e. The maximum atomic E-state index is 13.7. The van der Waals surface area contributed by atoms with Crippen molar-refractivity contribution in [3.8, 4) is 17.2 Å². The molecular formula is C25H23BrN2O4. The minimum absolute atomic E-state index is 0.232. The molecule has 32 heavy (non-hydrogen) atoms. The van der Waals surface area contributed by atoms with Gasteiger partial charge in [0.25, 0.3) is 5.91 Å². The summed E-state index contributed by atoms with van der Waals surface area (Å²) in [4.78, 5) is 13.7. The van der Waals surface area contributed by atoms with Crippen molar-refractivity contribution in [2.24, 2.45) is 5.10 Å². The number of halogens is 1. The molecule has 0 saturated carbocycles. The maximum Gasteiger partial charge on any atom is 0.274 e. The number of hydrogen-bond donors (Lipinski definition) is 0. The molecule has 1 atom stereocenters. The zero-order valence-electron chi connectivity index (χ0n) is 18.0. The number of carbonyl (C=O) groups is 1. The summed E-state index contributed by atoms with van der Waals surface area (Å²) >= 11 is 3.48. The van der Waals surface area contributed by atoms with E-state index in [1.165, 1.54) is 21.3 Å². The van der Waals surface area contributed by atoms with Crippen LogP contribution in [0.25, 0.3) is 0 Å². The van der Waals surface area contributed by atoms with E-state index in [4.69, 9.17) is 19.3 Å². The molecule has 6 nitrogen and oxygen atoms in total. The summed E-state index contributed by atoms with van der Waals surface area (Å²) in [6, 6.07) is 20.9. The standard InChI is InChI=1S/C25H23BrN2O4/c1-30-22-13-18(14-23(31-2)24(22)32-3)25(29)28-21(17-9-11-19(26)12-10-17)15-20(27-28)16-7-5-4-6-8-16/h4-14,21H,15H2,1-3H3/t21-/m1/s1. The number of benzene rings is 3. The first-order chi connectivity index (χ1) is 15.5. The van der Waals surface area contributed by atoms with E-state index < -0.39 is 0 Å². The minimum atomic E-state index is -0.247. The van der Waals surface area contributed by atoms with E-state index >= 15 is 0 Å². The number of methoxy groups -OCH3 is 3. The third kappa shape index (κ3) is 4.21. The number of hydrogen-bond acceptors (Lipinski definition) is 5. The second kappa shape index (κ2) is 9.44. The molecule has 7 heteroatoms. The van der Waals surface area contributed by atoms with Gasteiger partial charge in [0.1, 0.15) is 0 Å². The molecule has 3 aromatic rings. The van der Waals surface area contributed by atoms with E-state index in [2.05, 4.69) is 15.9 Å². The van der Waals surface area contributed by atoms with E-state index in [-0.39, 0.29) is 11.9 Å². The molecule has 0 radical (unpaired) electrons. The van der Waals surface area contributed by atoms with Crippen LogP contribution in [0.1, 0.15) is 33.9 Å². The van der Waals surface area contributed by atoms with Crippen LogP contribution in [0.15, 0.2) is 76.3 Å². The van der Waals surface area contributed by atoms with E-state index in [1.54, 1.807) is 17.1 Å². The monoisotopic (exact) mass is 494 g/mol. The van der Waals surface area contributed by atoms with Crippen molar-refractivity contribution in [2.75, 3.05) is 21.3 Å². The smallest absolute Gasteiger partial charge is 0.274 e. The summed E-state index contributed by atoms with van der Waals surface area (Å²) in [7, 11) is 4.58. The number of carbonyl (C=O) groups excluding carboxylic acids is 1. The molecule has 0 saturated heterocycles. The second-order valence-corrected chi connectivity index (χ2v) is 8.16. The highest BCUT2D eigenvalue weighted by atomic mass is 79.9. The molecule has 164 valence electrons. The SMILES string of the molecule is COc1cc(C(=O)N2N=C(c3ccccc3)C[C@@H]2c2ccc(Br)cc2)cc(OC)c1OC. The fourth-order valence-corrected chi connectivity index (χ4v) is 4.05. The third-order valence-corrected chi connectivity index (χ3v) is 5.92. The van der Waals surface area contributed by atoms with E-state index in [0.29, 0.717) is 29.2 Å². The average molecular weight is 495 g/mol. The molecule has 1 aliphatic heterocycles. The molecular weight excluding hydrogens is 472 g/mol. The lowest BCUT2D eigenvalue weighted by molar-refractivity contribution is 0.0710. The van der Waals surface area contributed by atoms with Crippen molar-refractivity contribution in [2.45, 2.75) is 12.5 Å². The highest BCUT2D eigenvalue weighted by Gasteiger charge is 2.34. The Kier molecular flexibility index (Phi) is 6.46. The Balaban J connectivity index is 1.77. The van der Waals surface area contributed by atoms with Gasteiger partial charge < -0.3 is 14.2 Å². The molecule has 0 aromatic heterocycles. The summed E-state index contributed by atoms with van der Waals surface area (Å²) in [5.41, 5.74) is 3.26. The van der Waals surface area contributed by atoms with Gasteiger partial charge in [0.2, 0.25) is 5.75 Å². The Morgan fingerprint density at radius 3 is 2.12 bits per heavy atom. The van der Waals surface area contributed by atoms with Crippen LogP contribution in [-0.2, 0) is 0 Å². The fraction of sp³-hybridized carbons (Fsp3) is 0.200. The van der Waals surface area contributed by atoms with Crippen molar-refractivity contribution in [1.82, 2.24) is 5.01 Å². The molecule has 4 rings (SSSR count). The summed E-state index contributed by atoms with van der Waals surface area (Å²) in [5.74, 6) is 1.03. The van der Waals surface area contributed by atoms with Crippen molar-refractivity contribution in [3.63, 3.8) is 0 Å². The summed E-state index contributed by atoms with van der Waals surface area (Å²) in [5, 5.41) is 6.29. The molecule has 1 heterocycles. The lowest BCUT2D eigenvalue weighted by Crippen LogP contribution is -2.27. The summed E-state index contributed by atoms with van der Waals surface area (Å²) in [6.45, 7) is 0. The molecule has 0 unspecified atom stereocenters. The fourth-order valence-electron chi connectivity index (χ4n) is 3.78. The van der Waals surface area contributed by atoms with E-state index in [1.807, 2.05) is 54.6 Å². The van der Waals surface area contributed by atoms with Crippen LogP contribution in [0.5, 0.6) is 17.2 Å². The lowest BCUT2D eigenvalue weighted by Gasteiger charge is -2.23. The van der Waals surface area contributed by atoms with Crippen LogP contribution in [0, 0.1) is 0 Å². The van der Waals surface area contributed by atoms with E-state index in [9.17, 15) is 4.79 Å². The van der Waals surface area contributed by atoms with Gasteiger partial charge in [-0.2, -0.15) is 5.10 Å². The van der Waals surface area contributed by atoms with Crippen molar-refractivity contribution in [1.29, 1.82) is 0 Å².